The lowest BCUT2D eigenvalue weighted by molar-refractivity contribution is -0.136. The number of rotatable bonds is 4. The van der Waals surface area contributed by atoms with Crippen LogP contribution in [0.5, 0.6) is 5.75 Å². The van der Waals surface area contributed by atoms with Gasteiger partial charge < -0.3 is 25.1 Å². The zero-order chi connectivity index (χ0) is 22.2. The van der Waals surface area contributed by atoms with Crippen molar-refractivity contribution in [2.75, 3.05) is 26.3 Å². The first-order valence-corrected chi connectivity index (χ1v) is 9.83. The largest absolute Gasteiger partial charge is 0.410 e. The molecular formula is C20H18FN7O4. The van der Waals surface area contributed by atoms with Gasteiger partial charge in [-0.15, -0.1) is 0 Å². The molecule has 0 unspecified atom stereocenters. The fourth-order valence-electron chi connectivity index (χ4n) is 3.67. The normalized spacial score (nSPS) is 14.2. The van der Waals surface area contributed by atoms with Gasteiger partial charge in [-0.25, -0.2) is 19.2 Å². The molecule has 0 saturated carbocycles. The summed E-state index contributed by atoms with van der Waals surface area (Å²) in [7, 11) is 0. The smallest absolute Gasteiger partial charge is 0.406 e. The molecule has 11 nitrogen and oxygen atoms in total. The number of halogens is 1. The van der Waals surface area contributed by atoms with E-state index in [2.05, 4.69) is 20.1 Å². The average molecular weight is 439 g/mol. The topological polar surface area (TPSA) is 141 Å². The van der Waals surface area contributed by atoms with E-state index in [9.17, 15) is 14.0 Å². The third-order valence-electron chi connectivity index (χ3n) is 5.16. The highest BCUT2D eigenvalue weighted by Crippen LogP contribution is 2.30. The highest BCUT2D eigenvalue weighted by atomic mass is 19.1. The van der Waals surface area contributed by atoms with Crippen LogP contribution >= 0.6 is 0 Å². The maximum atomic E-state index is 14.0. The highest BCUT2D eigenvalue weighted by Gasteiger charge is 2.22. The van der Waals surface area contributed by atoms with Gasteiger partial charge in [0, 0.05) is 24.7 Å². The van der Waals surface area contributed by atoms with Crippen molar-refractivity contribution in [1.29, 1.82) is 0 Å². The van der Waals surface area contributed by atoms with E-state index >= 15 is 0 Å². The molecule has 0 radical (unpaired) electrons. The predicted molar refractivity (Wildman–Crippen MR) is 110 cm³/mol. The molecule has 164 valence electrons. The standard InChI is InChI=1S/C20H18FN7O4/c21-11-1-2-12-14(7-11)28(10-16(29)27-3-5-31-6-4-27)26-17(12)13-8-23-19-18(25-13)15(9-24-19)32-20(22)30/h1-2,7-9H,3-6,10H2,(H2,22,30)(H,23,24). The van der Waals surface area contributed by atoms with E-state index in [1.54, 1.807) is 11.0 Å². The van der Waals surface area contributed by atoms with Crippen LogP contribution in [-0.4, -0.2) is 67.9 Å². The molecule has 1 aromatic carbocycles. The van der Waals surface area contributed by atoms with Gasteiger partial charge in [0.15, 0.2) is 16.9 Å². The van der Waals surface area contributed by atoms with E-state index in [0.29, 0.717) is 54.2 Å². The van der Waals surface area contributed by atoms with Crippen LogP contribution in [0.15, 0.2) is 30.6 Å². The molecule has 0 aliphatic carbocycles. The van der Waals surface area contributed by atoms with Crippen molar-refractivity contribution in [3.63, 3.8) is 0 Å². The summed E-state index contributed by atoms with van der Waals surface area (Å²) in [6, 6.07) is 4.21. The molecule has 0 atom stereocenters. The first-order valence-electron chi connectivity index (χ1n) is 9.83. The van der Waals surface area contributed by atoms with Crippen molar-refractivity contribution in [3.8, 4) is 17.1 Å². The Hall–Kier alpha value is -4.06. The zero-order valence-electron chi connectivity index (χ0n) is 16.7. The summed E-state index contributed by atoms with van der Waals surface area (Å²) in [6.07, 6.45) is 1.93. The third kappa shape index (κ3) is 3.60. The molecule has 1 fully saturated rings. The number of nitrogens with one attached hydrogen (secondary N) is 1. The summed E-state index contributed by atoms with van der Waals surface area (Å²) in [6.45, 7) is 1.89. The van der Waals surface area contributed by atoms with Gasteiger partial charge >= 0.3 is 6.09 Å². The summed E-state index contributed by atoms with van der Waals surface area (Å²) < 4.78 is 25.7. The lowest BCUT2D eigenvalue weighted by atomic mass is 10.1. The van der Waals surface area contributed by atoms with Gasteiger partial charge in [0.05, 0.1) is 24.9 Å². The van der Waals surface area contributed by atoms with Gasteiger partial charge in [-0.1, -0.05) is 0 Å². The predicted octanol–water partition coefficient (Wildman–Crippen LogP) is 1.43. The quantitative estimate of drug-likeness (QED) is 0.490. The number of morpholine rings is 1. The van der Waals surface area contributed by atoms with E-state index in [-0.39, 0.29) is 23.7 Å². The Morgan fingerprint density at radius 3 is 2.88 bits per heavy atom. The van der Waals surface area contributed by atoms with Gasteiger partial charge in [0.25, 0.3) is 0 Å². The van der Waals surface area contributed by atoms with E-state index in [4.69, 9.17) is 15.2 Å². The minimum atomic E-state index is -0.982. The zero-order valence-corrected chi connectivity index (χ0v) is 16.7. The third-order valence-corrected chi connectivity index (χ3v) is 5.16. The number of primary amides is 1. The van der Waals surface area contributed by atoms with Gasteiger partial charge in [0.2, 0.25) is 5.91 Å². The number of carbonyl (C=O) groups excluding carboxylic acids is 2. The number of fused-ring (bicyclic) bond motifs is 2. The van der Waals surface area contributed by atoms with E-state index in [1.807, 2.05) is 0 Å². The summed E-state index contributed by atoms with van der Waals surface area (Å²) in [5.41, 5.74) is 7.01. The summed E-state index contributed by atoms with van der Waals surface area (Å²) in [4.78, 5) is 37.2. The lowest BCUT2D eigenvalue weighted by Gasteiger charge is -2.26. The Morgan fingerprint density at radius 2 is 2.09 bits per heavy atom. The number of hydrogen-bond donors (Lipinski definition) is 2. The number of nitrogens with zero attached hydrogens (tertiary/aromatic N) is 5. The molecule has 1 aliphatic rings. The van der Waals surface area contributed by atoms with Crippen molar-refractivity contribution in [2.24, 2.45) is 5.73 Å². The number of amides is 2. The molecule has 32 heavy (non-hydrogen) atoms. The number of hydrogen-bond acceptors (Lipinski definition) is 7. The van der Waals surface area contributed by atoms with Crippen LogP contribution in [0.25, 0.3) is 33.5 Å². The number of nitrogens with two attached hydrogens (primary N) is 1. The molecule has 2 amide bonds. The first-order chi connectivity index (χ1) is 15.5. The van der Waals surface area contributed by atoms with Crippen LogP contribution in [0.4, 0.5) is 9.18 Å². The van der Waals surface area contributed by atoms with Crippen LogP contribution in [-0.2, 0) is 16.1 Å². The van der Waals surface area contributed by atoms with E-state index in [1.165, 1.54) is 29.2 Å². The molecule has 4 aromatic rings. The van der Waals surface area contributed by atoms with Crippen molar-refractivity contribution in [2.45, 2.75) is 6.54 Å². The number of aromatic nitrogens is 5. The van der Waals surface area contributed by atoms with Gasteiger partial charge in [-0.05, 0) is 18.2 Å². The van der Waals surface area contributed by atoms with E-state index < -0.39 is 11.9 Å². The van der Waals surface area contributed by atoms with Crippen molar-refractivity contribution in [3.05, 3.63) is 36.4 Å². The van der Waals surface area contributed by atoms with Crippen LogP contribution in [0.3, 0.4) is 0 Å². The molecule has 0 bridgehead atoms. The lowest BCUT2D eigenvalue weighted by Crippen LogP contribution is -2.42. The van der Waals surface area contributed by atoms with Crippen LogP contribution in [0.1, 0.15) is 0 Å². The Bertz CT molecular complexity index is 1340. The molecule has 3 N–H and O–H groups in total. The Morgan fingerprint density at radius 1 is 1.28 bits per heavy atom. The number of carbonyl (C=O) groups is 2. The number of H-pyrrole nitrogens is 1. The molecule has 4 heterocycles. The molecule has 3 aromatic heterocycles. The second-order valence-corrected chi connectivity index (χ2v) is 7.19. The fourth-order valence-corrected chi connectivity index (χ4v) is 3.67. The number of benzene rings is 1. The molecule has 1 aliphatic heterocycles. The molecular weight excluding hydrogens is 421 g/mol. The first kappa shape index (κ1) is 19.9. The van der Waals surface area contributed by atoms with Gasteiger partial charge in [0.1, 0.15) is 23.7 Å². The Labute approximate surface area is 179 Å². The van der Waals surface area contributed by atoms with Crippen LogP contribution in [0.2, 0.25) is 0 Å². The summed E-state index contributed by atoms with van der Waals surface area (Å²) >= 11 is 0. The fraction of sp³-hybridized carbons (Fsp3) is 0.250. The second-order valence-electron chi connectivity index (χ2n) is 7.19. The van der Waals surface area contributed by atoms with Crippen molar-refractivity contribution < 1.29 is 23.5 Å². The minimum Gasteiger partial charge on any atom is -0.406 e. The number of ether oxygens (including phenoxy) is 2. The Balaban J connectivity index is 1.57. The second kappa shape index (κ2) is 7.89. The SMILES string of the molecule is NC(=O)Oc1c[nH]c2ncc(-c3nn(CC(=O)N4CCOCC4)c4cc(F)ccc34)nc12. The maximum absolute atomic E-state index is 14.0. The summed E-state index contributed by atoms with van der Waals surface area (Å²) in [5.74, 6) is -0.467. The number of aromatic amines is 1. The molecule has 5 rings (SSSR count). The molecule has 0 spiro atoms. The van der Waals surface area contributed by atoms with E-state index in [0.717, 1.165) is 0 Å². The Kier molecular flexibility index (Phi) is 4.90. The van der Waals surface area contributed by atoms with Gasteiger partial charge in [-0.2, -0.15) is 5.10 Å². The summed E-state index contributed by atoms with van der Waals surface area (Å²) in [5, 5.41) is 5.14. The van der Waals surface area contributed by atoms with Crippen molar-refractivity contribution >= 4 is 34.1 Å². The van der Waals surface area contributed by atoms with Crippen LogP contribution in [0, 0.1) is 5.82 Å². The average Bonchev–Trinajstić information content (AvgIpc) is 3.34. The van der Waals surface area contributed by atoms with Crippen molar-refractivity contribution in [1.82, 2.24) is 29.6 Å². The molecule has 12 heteroatoms. The maximum Gasteiger partial charge on any atom is 0.410 e. The minimum absolute atomic E-state index is 0.0597. The van der Waals surface area contributed by atoms with Gasteiger partial charge in [-0.3, -0.25) is 9.48 Å². The molecule has 1 saturated heterocycles. The highest BCUT2D eigenvalue weighted by molar-refractivity contribution is 5.94. The monoisotopic (exact) mass is 439 g/mol. The van der Waals surface area contributed by atoms with Crippen LogP contribution < -0.4 is 10.5 Å².